The smallest absolute Gasteiger partial charge is 0.263 e. The van der Waals surface area contributed by atoms with Crippen LogP contribution in [0.2, 0.25) is 0 Å². The number of carbonyl (C=O) groups is 5. The summed E-state index contributed by atoms with van der Waals surface area (Å²) in [4.78, 5) is 86.1. The normalized spacial score (nSPS) is 16.4. The predicted octanol–water partition coefficient (Wildman–Crippen LogP) is 5.09. The molecule has 3 aliphatic rings. The number of hydrogen-bond acceptors (Lipinski definition) is 16. The highest BCUT2D eigenvalue weighted by Gasteiger charge is 2.45. The molecule has 6 heterocycles. The molecule has 3 aromatic heterocycles. The average molecular weight is 999 g/mol. The van der Waals surface area contributed by atoms with E-state index in [-0.39, 0.29) is 65.1 Å². The lowest BCUT2D eigenvalue weighted by Gasteiger charge is -2.34. The van der Waals surface area contributed by atoms with Crippen LogP contribution in [0.25, 0.3) is 22.3 Å². The first kappa shape index (κ1) is 51.1. The monoisotopic (exact) mass is 998 g/mol. The van der Waals surface area contributed by atoms with Gasteiger partial charge in [-0.25, -0.2) is 28.7 Å². The molecule has 0 bridgehead atoms. The van der Waals surface area contributed by atoms with Crippen LogP contribution >= 0.6 is 11.8 Å². The van der Waals surface area contributed by atoms with E-state index in [9.17, 15) is 24.0 Å². The standard InChI is InChI=1S/C49H56F2N10O9S/c1-30(2)60-31(3)54-45-35(50)25-33(26-38(45)60)44-36(51)28-53-49(57-44)55-40-9-7-32(27-52-40)29-58-12-14-59(15-13-58)42(63)11-16-67-17-18-68-19-20-69-21-22-70-23-24-71-39-6-4-5-34-43(39)48(66)61(47(34)65)37-8-10-41(62)56-46(37)64/h4-7,9,25-28,30,37H,8,10-24,29H2,1-3H3,(H,56,62,64)(H,52,53,55,57). The zero-order valence-corrected chi connectivity index (χ0v) is 40.6. The summed E-state index contributed by atoms with van der Waals surface area (Å²) in [7, 11) is 0. The number of halogens is 2. The Labute approximate surface area is 413 Å². The van der Waals surface area contributed by atoms with Crippen molar-refractivity contribution >= 4 is 64.1 Å². The highest BCUT2D eigenvalue weighted by molar-refractivity contribution is 7.99. The van der Waals surface area contributed by atoms with E-state index in [0.717, 1.165) is 16.7 Å². The molecule has 1 atom stereocenters. The number of rotatable bonds is 23. The third-order valence-corrected chi connectivity index (χ3v) is 13.2. The van der Waals surface area contributed by atoms with Gasteiger partial charge in [-0.3, -0.25) is 39.1 Å². The van der Waals surface area contributed by atoms with E-state index in [4.69, 9.17) is 18.9 Å². The number of imidazole rings is 1. The fourth-order valence-electron chi connectivity index (χ4n) is 8.70. The number of pyridine rings is 1. The van der Waals surface area contributed by atoms with Crippen LogP contribution in [0.15, 0.2) is 59.8 Å². The van der Waals surface area contributed by atoms with Gasteiger partial charge in [-0.15, -0.1) is 11.8 Å². The molecule has 5 aromatic rings. The molecule has 2 N–H and O–H groups in total. The van der Waals surface area contributed by atoms with Crippen LogP contribution in [0.4, 0.5) is 20.5 Å². The highest BCUT2D eigenvalue weighted by Crippen LogP contribution is 2.35. The van der Waals surface area contributed by atoms with Gasteiger partial charge in [0.05, 0.1) is 82.1 Å². The molecule has 2 aromatic carbocycles. The van der Waals surface area contributed by atoms with Crippen molar-refractivity contribution in [1.29, 1.82) is 0 Å². The predicted molar refractivity (Wildman–Crippen MR) is 257 cm³/mol. The van der Waals surface area contributed by atoms with E-state index in [2.05, 4.69) is 35.5 Å². The lowest BCUT2D eigenvalue weighted by atomic mass is 10.0. The molecule has 1 unspecified atom stereocenters. The summed E-state index contributed by atoms with van der Waals surface area (Å²) in [6, 6.07) is 10.7. The number of thioether (sulfide) groups is 1. The number of carbonyl (C=O) groups excluding carboxylic acids is 5. The molecule has 376 valence electrons. The summed E-state index contributed by atoms with van der Waals surface area (Å²) >= 11 is 1.38. The van der Waals surface area contributed by atoms with Gasteiger partial charge in [0.15, 0.2) is 11.6 Å². The second-order valence-corrected chi connectivity index (χ2v) is 18.5. The number of piperazine rings is 1. The van der Waals surface area contributed by atoms with E-state index in [1.165, 1.54) is 17.8 Å². The first-order chi connectivity index (χ1) is 34.4. The molecule has 3 aliphatic heterocycles. The Morgan fingerprint density at radius 2 is 1.56 bits per heavy atom. The van der Waals surface area contributed by atoms with Crippen LogP contribution in [0.3, 0.4) is 0 Å². The third kappa shape index (κ3) is 12.4. The maximum Gasteiger partial charge on any atom is 0.263 e. The molecule has 2 fully saturated rings. The summed E-state index contributed by atoms with van der Waals surface area (Å²) in [6.45, 7) is 11.9. The van der Waals surface area contributed by atoms with Crippen molar-refractivity contribution in [2.75, 3.05) is 90.1 Å². The highest BCUT2D eigenvalue weighted by atomic mass is 32.2. The van der Waals surface area contributed by atoms with Crippen LogP contribution in [0.5, 0.6) is 0 Å². The zero-order valence-electron chi connectivity index (χ0n) is 39.8. The molecular formula is C49H56F2N10O9S. The Hall–Kier alpha value is -6.30. The summed E-state index contributed by atoms with van der Waals surface area (Å²) in [6.07, 6.45) is 3.24. The quantitative estimate of drug-likeness (QED) is 0.0496. The number of nitrogens with one attached hydrogen (secondary N) is 2. The molecule has 8 rings (SSSR count). The van der Waals surface area contributed by atoms with Gasteiger partial charge in [0.1, 0.15) is 28.9 Å². The van der Waals surface area contributed by atoms with Crippen molar-refractivity contribution in [1.82, 2.24) is 44.5 Å². The minimum Gasteiger partial charge on any atom is -0.379 e. The van der Waals surface area contributed by atoms with E-state index >= 15 is 8.78 Å². The number of hydrogen-bond donors (Lipinski definition) is 2. The van der Waals surface area contributed by atoms with Crippen molar-refractivity contribution < 1.29 is 51.7 Å². The lowest BCUT2D eigenvalue weighted by molar-refractivity contribution is -0.136. The van der Waals surface area contributed by atoms with Crippen LogP contribution in [0.1, 0.15) is 71.3 Å². The number of ether oxygens (including phenoxy) is 4. The van der Waals surface area contributed by atoms with Gasteiger partial charge in [0, 0.05) is 67.6 Å². The number of amides is 5. The second kappa shape index (κ2) is 23.7. The van der Waals surface area contributed by atoms with Crippen molar-refractivity contribution in [2.45, 2.75) is 63.6 Å². The first-order valence-corrected chi connectivity index (χ1v) is 24.6. The van der Waals surface area contributed by atoms with E-state index in [1.54, 1.807) is 36.5 Å². The summed E-state index contributed by atoms with van der Waals surface area (Å²) in [5.74, 6) is -1.58. The lowest BCUT2D eigenvalue weighted by Crippen LogP contribution is -2.54. The van der Waals surface area contributed by atoms with Crippen LogP contribution in [-0.4, -0.2) is 160 Å². The van der Waals surface area contributed by atoms with Gasteiger partial charge >= 0.3 is 0 Å². The molecule has 0 radical (unpaired) electrons. The fourth-order valence-corrected chi connectivity index (χ4v) is 9.64. The number of aryl methyl sites for hydroxylation is 1. The Balaban J connectivity index is 0.645. The minimum atomic E-state index is -1.01. The molecule has 71 heavy (non-hydrogen) atoms. The maximum absolute atomic E-state index is 15.1. The second-order valence-electron chi connectivity index (χ2n) is 17.3. The molecule has 0 aliphatic carbocycles. The van der Waals surface area contributed by atoms with E-state index < -0.39 is 41.3 Å². The van der Waals surface area contributed by atoms with Crippen molar-refractivity contribution in [3.05, 3.63) is 89.0 Å². The Bertz CT molecular complexity index is 2750. The number of fused-ring (bicyclic) bond motifs is 2. The van der Waals surface area contributed by atoms with Crippen LogP contribution in [-0.2, 0) is 39.9 Å². The van der Waals surface area contributed by atoms with Crippen LogP contribution in [0, 0.1) is 18.6 Å². The van der Waals surface area contributed by atoms with Crippen molar-refractivity contribution in [3.8, 4) is 11.3 Å². The molecular weight excluding hydrogens is 943 g/mol. The molecule has 0 saturated carbocycles. The van der Waals surface area contributed by atoms with Gasteiger partial charge in [-0.2, -0.15) is 0 Å². The third-order valence-electron chi connectivity index (χ3n) is 12.1. The Morgan fingerprint density at radius 3 is 2.25 bits per heavy atom. The van der Waals surface area contributed by atoms with Gasteiger partial charge < -0.3 is 33.7 Å². The number of aromatic nitrogens is 5. The molecule has 19 nitrogen and oxygen atoms in total. The van der Waals surface area contributed by atoms with Crippen molar-refractivity contribution in [2.24, 2.45) is 0 Å². The van der Waals surface area contributed by atoms with Crippen molar-refractivity contribution in [3.63, 3.8) is 0 Å². The molecule has 0 spiro atoms. The van der Waals surface area contributed by atoms with Gasteiger partial charge in [0.2, 0.25) is 23.7 Å². The summed E-state index contributed by atoms with van der Waals surface area (Å²) in [5, 5.41) is 5.23. The number of piperidine rings is 1. The summed E-state index contributed by atoms with van der Waals surface area (Å²) in [5.41, 5.74) is 2.50. The Kier molecular flexibility index (Phi) is 17.1. The van der Waals surface area contributed by atoms with E-state index in [1.807, 2.05) is 36.3 Å². The number of benzene rings is 2. The van der Waals surface area contributed by atoms with Gasteiger partial charge in [-0.05, 0) is 63.1 Å². The number of imide groups is 2. The van der Waals surface area contributed by atoms with E-state index in [0.29, 0.717) is 113 Å². The first-order valence-electron chi connectivity index (χ1n) is 23.6. The van der Waals surface area contributed by atoms with Gasteiger partial charge in [0.25, 0.3) is 11.8 Å². The van der Waals surface area contributed by atoms with Gasteiger partial charge in [-0.1, -0.05) is 12.1 Å². The SMILES string of the molecule is Cc1nc2c(F)cc(-c3nc(Nc4ccc(CN5CCN(C(=O)CCOCCOCCOCCOCCSc6cccc7c6C(=O)N(C6CCC(=O)NC6=O)C7=O)CC5)cn4)ncc3F)cc2n1C(C)C. The Morgan fingerprint density at radius 1 is 0.845 bits per heavy atom. The number of anilines is 2. The number of nitrogens with zero attached hydrogens (tertiary/aromatic N) is 8. The van der Waals surface area contributed by atoms with Crippen LogP contribution < -0.4 is 10.6 Å². The fraction of sp³-hybridized carbons (Fsp3) is 0.449. The molecule has 5 amide bonds. The molecule has 22 heteroatoms. The average Bonchev–Trinajstić information content (AvgIpc) is 3.83. The largest absolute Gasteiger partial charge is 0.379 e. The maximum atomic E-state index is 15.1. The summed E-state index contributed by atoms with van der Waals surface area (Å²) < 4.78 is 54.5. The zero-order chi connectivity index (χ0) is 50.0. The topological polar surface area (TPSA) is 213 Å². The molecule has 2 saturated heterocycles. The minimum absolute atomic E-state index is 0.0239.